The molecule has 4 aliphatic rings. The number of anilines is 1. The number of aromatic nitrogens is 1. The van der Waals surface area contributed by atoms with Crippen LogP contribution in [-0.2, 0) is 4.74 Å². The molecule has 3 aliphatic heterocycles. The number of rotatable bonds is 4. The Morgan fingerprint density at radius 3 is 3.12 bits per heavy atom. The van der Waals surface area contributed by atoms with Crippen molar-refractivity contribution in [2.45, 2.75) is 17.4 Å². The molecule has 5 nitrogen and oxygen atoms in total. The minimum Gasteiger partial charge on any atom is -0.385 e. The summed E-state index contributed by atoms with van der Waals surface area (Å²) < 4.78 is 5.30. The summed E-state index contributed by atoms with van der Waals surface area (Å²) in [7, 11) is 7.44. The summed E-state index contributed by atoms with van der Waals surface area (Å²) in [4.78, 5) is 15.6. The molecule has 1 atom stereocenters. The number of methoxy groups -OCH3 is 1. The summed E-state index contributed by atoms with van der Waals surface area (Å²) in [5, 5.41) is 0. The summed E-state index contributed by atoms with van der Waals surface area (Å²) in [6.07, 6.45) is 2.93. The van der Waals surface area contributed by atoms with Crippen LogP contribution in [0, 0.1) is 0 Å². The second-order valence-electron chi connectivity index (χ2n) is 6.39. The highest BCUT2D eigenvalue weighted by Crippen LogP contribution is 2.56. The van der Waals surface area contributed by atoms with Crippen molar-refractivity contribution in [1.82, 2.24) is 9.88 Å². The molecule has 0 spiro atoms. The van der Waals surface area contributed by atoms with Crippen molar-refractivity contribution in [3.63, 3.8) is 0 Å². The van der Waals surface area contributed by atoms with Crippen LogP contribution in [0.2, 0.25) is 0 Å². The molecule has 0 saturated carbocycles. The van der Waals surface area contributed by atoms with E-state index < -0.39 is 0 Å². The lowest BCUT2D eigenvalue weighted by atomic mass is 10.1. The number of hydrogen-bond acceptors (Lipinski definition) is 7. The van der Waals surface area contributed by atoms with Crippen LogP contribution in [0.25, 0.3) is 11.3 Å². The second kappa shape index (κ2) is 7.53. The van der Waals surface area contributed by atoms with Gasteiger partial charge in [-0.15, -0.1) is 0 Å². The third kappa shape index (κ3) is 3.26. The summed E-state index contributed by atoms with van der Waals surface area (Å²) in [5.41, 5.74) is 6.50. The molecule has 1 aliphatic carbocycles. The highest BCUT2D eigenvalue weighted by molar-refractivity contribution is 8.81. The van der Waals surface area contributed by atoms with E-state index >= 15 is 0 Å². The third-order valence-corrected chi connectivity index (χ3v) is 6.85. The van der Waals surface area contributed by atoms with Crippen molar-refractivity contribution < 1.29 is 4.74 Å². The van der Waals surface area contributed by atoms with Crippen LogP contribution in [0.5, 0.6) is 0 Å². The van der Waals surface area contributed by atoms with Gasteiger partial charge in [-0.05, 0) is 41.1 Å². The van der Waals surface area contributed by atoms with Gasteiger partial charge in [-0.3, -0.25) is 9.88 Å². The minimum absolute atomic E-state index is 0.487. The number of ether oxygens (including phenoxy) is 1. The molecule has 1 fully saturated rings. The molecular weight excluding hydrogens is 352 g/mol. The van der Waals surface area contributed by atoms with Gasteiger partial charge in [-0.2, -0.15) is 0 Å². The van der Waals surface area contributed by atoms with Crippen LogP contribution in [0.1, 0.15) is 6.42 Å². The highest BCUT2D eigenvalue weighted by Gasteiger charge is 2.33. The van der Waals surface area contributed by atoms with Crippen molar-refractivity contribution in [2.75, 3.05) is 45.3 Å². The standard InChI is InChI=1S/C18H22N4OS2/c1-21-8-9-22(11-13(21)6-10-23-2)17-15-14(5-3-4-7-19-15)18-16(17)20-12-24-25-18/h3-5,7,12-13H,6,8-11H2,1-2H3. The number of likely N-dealkylation sites (N-methyl/N-ethyl adjacent to an activating group) is 1. The fraction of sp³-hybridized carbons (Fsp3) is 0.444. The Kier molecular flexibility index (Phi) is 5.17. The zero-order chi connectivity index (χ0) is 17.2. The number of hydrogen-bond donors (Lipinski definition) is 0. The quantitative estimate of drug-likeness (QED) is 0.759. The second-order valence-corrected chi connectivity index (χ2v) is 8.45. The lowest BCUT2D eigenvalue weighted by Gasteiger charge is -2.40. The van der Waals surface area contributed by atoms with Crippen molar-refractivity contribution in [1.29, 1.82) is 0 Å². The first-order valence-electron chi connectivity index (χ1n) is 8.50. The van der Waals surface area contributed by atoms with Gasteiger partial charge >= 0.3 is 0 Å². The number of nitrogens with zero attached hydrogens (tertiary/aromatic N) is 4. The fourth-order valence-electron chi connectivity index (χ4n) is 3.55. The monoisotopic (exact) mass is 374 g/mol. The Morgan fingerprint density at radius 1 is 1.32 bits per heavy atom. The topological polar surface area (TPSA) is 41.0 Å². The zero-order valence-corrected chi connectivity index (χ0v) is 16.1. The minimum atomic E-state index is 0.487. The Bertz CT molecular complexity index is 754. The van der Waals surface area contributed by atoms with E-state index in [0.29, 0.717) is 6.04 Å². The molecule has 0 N–H and O–H groups in total. The van der Waals surface area contributed by atoms with Gasteiger partial charge in [0.15, 0.2) is 0 Å². The van der Waals surface area contributed by atoms with Gasteiger partial charge in [0.05, 0.1) is 21.8 Å². The maximum atomic E-state index is 5.30. The van der Waals surface area contributed by atoms with E-state index in [4.69, 9.17) is 14.7 Å². The van der Waals surface area contributed by atoms with Gasteiger partial charge in [0, 0.05) is 51.2 Å². The van der Waals surface area contributed by atoms with Crippen molar-refractivity contribution in [3.8, 4) is 11.3 Å². The molecule has 3 heterocycles. The fourth-order valence-corrected chi connectivity index (χ4v) is 5.37. The summed E-state index contributed by atoms with van der Waals surface area (Å²) in [6.45, 7) is 3.82. The van der Waals surface area contributed by atoms with Crippen molar-refractivity contribution in [2.24, 2.45) is 4.99 Å². The average Bonchev–Trinajstić information content (AvgIpc) is 2.78. The van der Waals surface area contributed by atoms with E-state index in [1.54, 1.807) is 28.7 Å². The molecule has 0 aromatic rings. The van der Waals surface area contributed by atoms with Gasteiger partial charge < -0.3 is 9.64 Å². The summed E-state index contributed by atoms with van der Waals surface area (Å²) in [5.74, 6) is 0. The van der Waals surface area contributed by atoms with Crippen molar-refractivity contribution >= 4 is 38.5 Å². The molecule has 0 bridgehead atoms. The van der Waals surface area contributed by atoms with Crippen LogP contribution in [0.4, 0.5) is 11.4 Å². The zero-order valence-electron chi connectivity index (χ0n) is 14.5. The molecule has 132 valence electrons. The Morgan fingerprint density at radius 2 is 2.24 bits per heavy atom. The summed E-state index contributed by atoms with van der Waals surface area (Å²) in [6, 6.07) is 6.71. The van der Waals surface area contributed by atoms with E-state index in [1.165, 1.54) is 16.1 Å². The molecule has 1 unspecified atom stereocenters. The Balaban J connectivity index is 1.73. The van der Waals surface area contributed by atoms with E-state index in [0.717, 1.165) is 44.0 Å². The molecule has 25 heavy (non-hydrogen) atoms. The predicted octanol–water partition coefficient (Wildman–Crippen LogP) is 3.76. The number of aliphatic imine (C=N–C) groups is 1. The third-order valence-electron chi connectivity index (χ3n) is 4.93. The van der Waals surface area contributed by atoms with Gasteiger partial charge in [-0.1, -0.05) is 12.1 Å². The molecule has 0 aromatic carbocycles. The van der Waals surface area contributed by atoms with Crippen LogP contribution in [0.3, 0.4) is 0 Å². The number of piperazine rings is 1. The Hall–Kier alpha value is -1.28. The van der Waals surface area contributed by atoms with Gasteiger partial charge in [0.25, 0.3) is 0 Å². The van der Waals surface area contributed by atoms with Gasteiger partial charge in [0.1, 0.15) is 5.69 Å². The Labute approximate surface area is 156 Å². The van der Waals surface area contributed by atoms with Crippen LogP contribution in [-0.4, -0.2) is 61.9 Å². The maximum absolute atomic E-state index is 5.30. The molecule has 0 amide bonds. The van der Waals surface area contributed by atoms with E-state index in [-0.39, 0.29) is 0 Å². The lowest BCUT2D eigenvalue weighted by Crippen LogP contribution is -2.52. The SMILES string of the molecule is COCCC1CN(c2c3nccccc-3c3c2N=CSS3)CCN1C. The normalized spacial score (nSPS) is 20.9. The first kappa shape index (κ1) is 17.1. The molecule has 7 heteroatoms. The molecular formula is C18H22N4OS2. The van der Waals surface area contributed by atoms with Gasteiger partial charge in [0.2, 0.25) is 0 Å². The largest absolute Gasteiger partial charge is 0.385 e. The average molecular weight is 375 g/mol. The first-order chi connectivity index (χ1) is 12.3. The number of fused-ring (bicyclic) bond motifs is 3. The van der Waals surface area contributed by atoms with Crippen LogP contribution in [0.15, 0.2) is 34.3 Å². The van der Waals surface area contributed by atoms with Crippen molar-refractivity contribution in [3.05, 3.63) is 24.4 Å². The van der Waals surface area contributed by atoms with E-state index in [9.17, 15) is 0 Å². The van der Waals surface area contributed by atoms with Gasteiger partial charge in [-0.25, -0.2) is 4.99 Å². The smallest absolute Gasteiger partial charge is 0.104 e. The van der Waals surface area contributed by atoms with Crippen LogP contribution < -0.4 is 4.90 Å². The highest BCUT2D eigenvalue weighted by atomic mass is 33.1. The maximum Gasteiger partial charge on any atom is 0.104 e. The van der Waals surface area contributed by atoms with Crippen LogP contribution >= 0.6 is 21.6 Å². The lowest BCUT2D eigenvalue weighted by molar-refractivity contribution is 0.138. The first-order valence-corrected chi connectivity index (χ1v) is 10.7. The molecule has 0 radical (unpaired) electrons. The molecule has 1 saturated heterocycles. The van der Waals surface area contributed by atoms with E-state index in [1.807, 2.05) is 17.8 Å². The van der Waals surface area contributed by atoms with E-state index in [2.05, 4.69) is 29.0 Å². The molecule has 0 aromatic heterocycles. The summed E-state index contributed by atoms with van der Waals surface area (Å²) >= 11 is 0. The predicted molar refractivity (Wildman–Crippen MR) is 108 cm³/mol. The molecule has 4 rings (SSSR count).